The van der Waals surface area contributed by atoms with Crippen LogP contribution >= 0.6 is 0 Å². The highest BCUT2D eigenvalue weighted by atomic mass is 16.3. The molecule has 0 aliphatic carbocycles. The molecule has 4 heteroatoms. The topological polar surface area (TPSA) is 107 Å². The van der Waals surface area contributed by atoms with Crippen molar-refractivity contribution in [2.45, 2.75) is 0 Å². The zero-order chi connectivity index (χ0) is 2.71. The first kappa shape index (κ1) is 26.1. The van der Waals surface area contributed by atoms with Gasteiger partial charge in [-0.3, -0.25) is 4.79 Å². The average molecular weight is 80.1 g/mol. The van der Waals surface area contributed by atoms with Crippen molar-refractivity contribution in [3.63, 3.8) is 0 Å². The summed E-state index contributed by atoms with van der Waals surface area (Å²) in [6, 6.07) is 0. The lowest BCUT2D eigenvalue weighted by Gasteiger charge is -1.34. The molecule has 0 atom stereocenters. The van der Waals surface area contributed by atoms with Crippen molar-refractivity contribution in [3.05, 3.63) is 0 Å². The predicted octanol–water partition coefficient (Wildman–Crippen LogP) is 0.0248. The largest absolute Gasteiger partial charge is 0.483 e. The number of carbonyl (C=O) groups is 1. The summed E-state index contributed by atoms with van der Waals surface area (Å²) in [4.78, 5) is 8.36. The minimum atomic E-state index is -0.250. The molecule has 0 aromatic rings. The van der Waals surface area contributed by atoms with Crippen molar-refractivity contribution in [2.24, 2.45) is 0 Å². The molecule has 0 aromatic carbocycles. The third-order valence-corrected chi connectivity index (χ3v) is 0. The van der Waals surface area contributed by atoms with Crippen molar-refractivity contribution in [1.82, 2.24) is 12.3 Å². The average Bonchev–Trinajstić information content (AvgIpc) is 0.918. The van der Waals surface area contributed by atoms with Gasteiger partial charge in [-0.2, -0.15) is 0 Å². The summed E-state index contributed by atoms with van der Waals surface area (Å²) >= 11 is 0. The van der Waals surface area contributed by atoms with Gasteiger partial charge in [0.2, 0.25) is 0 Å². The zero-order valence-electron chi connectivity index (χ0n) is 2.85. The second kappa shape index (κ2) is 127. The van der Waals surface area contributed by atoms with E-state index in [9.17, 15) is 0 Å². The van der Waals surface area contributed by atoms with Crippen LogP contribution in [-0.4, -0.2) is 11.6 Å². The highest BCUT2D eigenvalue weighted by Crippen LogP contribution is 0.966. The summed E-state index contributed by atoms with van der Waals surface area (Å²) in [7, 11) is 0. The Balaban J connectivity index is -0.0000000200. The molecule has 34 valence electrons. The molecule has 0 aliphatic rings. The van der Waals surface area contributed by atoms with Gasteiger partial charge in [0.1, 0.15) is 0 Å². The Labute approximate surface area is 30.0 Å². The predicted molar refractivity (Wildman–Crippen MR) is 18.7 cm³/mol. The molecular formula is CH8N2O2. The van der Waals surface area contributed by atoms with Crippen LogP contribution in [0.2, 0.25) is 0 Å². The Morgan fingerprint density at radius 1 is 1.40 bits per heavy atom. The maximum Gasteiger partial charge on any atom is 0.290 e. The standard InChI is InChI=1S/CH2O2.2H3N/c2-1-3;;/h1H,(H,2,3);2*1H3. The van der Waals surface area contributed by atoms with Crippen molar-refractivity contribution >= 4 is 6.47 Å². The fraction of sp³-hybridized carbons (Fsp3) is 0. The van der Waals surface area contributed by atoms with Crippen molar-refractivity contribution in [2.75, 3.05) is 0 Å². The van der Waals surface area contributed by atoms with Gasteiger partial charge in [-0.15, -0.1) is 0 Å². The summed E-state index contributed by atoms with van der Waals surface area (Å²) in [5.41, 5.74) is 0. The summed E-state index contributed by atoms with van der Waals surface area (Å²) in [5, 5.41) is 6.89. The van der Waals surface area contributed by atoms with E-state index in [0.717, 1.165) is 0 Å². The van der Waals surface area contributed by atoms with Gasteiger partial charge in [0.25, 0.3) is 6.47 Å². The maximum absolute atomic E-state index is 8.36. The lowest BCUT2D eigenvalue weighted by molar-refractivity contribution is -0.122. The summed E-state index contributed by atoms with van der Waals surface area (Å²) < 4.78 is 0. The molecule has 7 N–H and O–H groups in total. The number of hydrogen-bond donors (Lipinski definition) is 3. The van der Waals surface area contributed by atoms with Gasteiger partial charge in [-0.25, -0.2) is 0 Å². The molecule has 0 fully saturated rings. The molecule has 0 heterocycles. The molecule has 0 saturated carbocycles. The summed E-state index contributed by atoms with van der Waals surface area (Å²) in [6.45, 7) is -0.250. The van der Waals surface area contributed by atoms with E-state index < -0.39 is 0 Å². The first-order valence-corrected chi connectivity index (χ1v) is 0.494. The quantitative estimate of drug-likeness (QED) is 0.356. The lowest BCUT2D eigenvalue weighted by atomic mass is 11.7. The van der Waals surface area contributed by atoms with Gasteiger partial charge in [-0.05, 0) is 0 Å². The van der Waals surface area contributed by atoms with E-state index in [-0.39, 0.29) is 18.8 Å². The molecular weight excluding hydrogens is 72.0 g/mol. The molecule has 0 radical (unpaired) electrons. The van der Waals surface area contributed by atoms with Gasteiger partial charge in [0.05, 0.1) is 0 Å². The van der Waals surface area contributed by atoms with Crippen molar-refractivity contribution < 1.29 is 9.90 Å². The van der Waals surface area contributed by atoms with Crippen LogP contribution in [0.4, 0.5) is 0 Å². The smallest absolute Gasteiger partial charge is 0.290 e. The normalized spacial score (nSPS) is 2.40. The second-order valence-corrected chi connectivity index (χ2v) is 0.105. The molecule has 0 bridgehead atoms. The Morgan fingerprint density at radius 3 is 1.40 bits per heavy atom. The van der Waals surface area contributed by atoms with Gasteiger partial charge in [0, 0.05) is 0 Å². The zero-order valence-corrected chi connectivity index (χ0v) is 2.85. The van der Waals surface area contributed by atoms with Gasteiger partial charge >= 0.3 is 0 Å². The third kappa shape index (κ3) is 17.6. The first-order chi connectivity index (χ1) is 1.41. The van der Waals surface area contributed by atoms with Crippen LogP contribution in [0.15, 0.2) is 0 Å². The van der Waals surface area contributed by atoms with E-state index in [1.54, 1.807) is 0 Å². The SMILES string of the molecule is N.N.O=CO. The lowest BCUT2D eigenvalue weighted by Crippen LogP contribution is -1.49. The molecule has 0 amide bonds. The Bertz CT molecular complexity index is 15.1. The fourth-order valence-electron chi connectivity index (χ4n) is 0. The van der Waals surface area contributed by atoms with Crippen LogP contribution in [0.1, 0.15) is 0 Å². The molecule has 5 heavy (non-hydrogen) atoms. The number of carboxylic acid groups (broad SMARTS) is 1. The molecule has 0 unspecified atom stereocenters. The minimum absolute atomic E-state index is 0. The van der Waals surface area contributed by atoms with Crippen LogP contribution < -0.4 is 12.3 Å². The molecule has 4 nitrogen and oxygen atoms in total. The summed E-state index contributed by atoms with van der Waals surface area (Å²) in [5.74, 6) is 0. The number of rotatable bonds is 0. The van der Waals surface area contributed by atoms with E-state index in [2.05, 4.69) is 0 Å². The van der Waals surface area contributed by atoms with Gasteiger partial charge in [-0.1, -0.05) is 0 Å². The maximum atomic E-state index is 8.36. The molecule has 0 spiro atoms. The monoisotopic (exact) mass is 80.1 g/mol. The Kier molecular flexibility index (Phi) is 665. The number of hydrogen-bond acceptors (Lipinski definition) is 3. The first-order valence-electron chi connectivity index (χ1n) is 0.494. The van der Waals surface area contributed by atoms with E-state index >= 15 is 0 Å². The van der Waals surface area contributed by atoms with Crippen LogP contribution in [-0.2, 0) is 4.79 Å². The molecule has 0 rings (SSSR count). The van der Waals surface area contributed by atoms with E-state index in [1.165, 1.54) is 0 Å². The molecule has 0 aromatic heterocycles. The van der Waals surface area contributed by atoms with E-state index in [0.29, 0.717) is 0 Å². The van der Waals surface area contributed by atoms with Crippen LogP contribution in [0, 0.1) is 0 Å². The second-order valence-electron chi connectivity index (χ2n) is 0.105. The van der Waals surface area contributed by atoms with Gasteiger partial charge in [0.15, 0.2) is 0 Å². The van der Waals surface area contributed by atoms with E-state index in [4.69, 9.17) is 9.90 Å². The van der Waals surface area contributed by atoms with Gasteiger partial charge < -0.3 is 17.4 Å². The fourth-order valence-corrected chi connectivity index (χ4v) is 0. The van der Waals surface area contributed by atoms with Crippen molar-refractivity contribution in [1.29, 1.82) is 0 Å². The highest BCUT2D eigenvalue weighted by molar-refractivity contribution is 5.32. The third-order valence-electron chi connectivity index (χ3n) is 0. The van der Waals surface area contributed by atoms with Crippen LogP contribution in [0.3, 0.4) is 0 Å². The Morgan fingerprint density at radius 2 is 1.40 bits per heavy atom. The summed E-state index contributed by atoms with van der Waals surface area (Å²) in [6.07, 6.45) is 0. The molecule has 0 aliphatic heterocycles. The van der Waals surface area contributed by atoms with Crippen LogP contribution in [0.5, 0.6) is 0 Å². The Hall–Kier alpha value is -0.610. The highest BCUT2D eigenvalue weighted by Gasteiger charge is 1.22. The van der Waals surface area contributed by atoms with E-state index in [1.807, 2.05) is 0 Å². The molecule has 0 saturated heterocycles. The van der Waals surface area contributed by atoms with Crippen LogP contribution in [0.25, 0.3) is 0 Å². The minimum Gasteiger partial charge on any atom is -0.483 e. The van der Waals surface area contributed by atoms with Crippen molar-refractivity contribution in [3.8, 4) is 0 Å².